The van der Waals surface area contributed by atoms with Crippen LogP contribution < -0.4 is 5.73 Å². The Labute approximate surface area is 77.7 Å². The first kappa shape index (κ1) is 8.56. The number of rotatable bonds is 1. The van der Waals surface area contributed by atoms with E-state index in [-0.39, 0.29) is 0 Å². The Kier molecular flexibility index (Phi) is 2.22. The lowest BCUT2D eigenvalue weighted by Crippen LogP contribution is -2.29. The number of anilines is 1. The van der Waals surface area contributed by atoms with Crippen LogP contribution in [0.4, 0.5) is 5.88 Å². The van der Waals surface area contributed by atoms with E-state index in [4.69, 9.17) is 10.3 Å². The van der Waals surface area contributed by atoms with Crippen LogP contribution in [-0.2, 0) is 0 Å². The third-order valence-corrected chi connectivity index (χ3v) is 2.68. The molecule has 1 aliphatic rings. The monoisotopic (exact) mass is 181 g/mol. The Morgan fingerprint density at radius 3 is 2.77 bits per heavy atom. The summed E-state index contributed by atoms with van der Waals surface area (Å²) in [5, 5.41) is 3.95. The number of hydrogen-bond donors (Lipinski definition) is 1. The van der Waals surface area contributed by atoms with Gasteiger partial charge in [-0.15, -0.1) is 0 Å². The topological polar surface area (TPSA) is 55.3 Å². The summed E-state index contributed by atoms with van der Waals surface area (Å²) in [5.41, 5.74) is 6.49. The molecule has 72 valence electrons. The zero-order valence-corrected chi connectivity index (χ0v) is 7.86. The van der Waals surface area contributed by atoms with Gasteiger partial charge in [0.15, 0.2) is 0 Å². The molecular weight excluding hydrogens is 166 g/mol. The zero-order chi connectivity index (χ0) is 9.26. The lowest BCUT2D eigenvalue weighted by molar-refractivity contribution is 0.250. The highest BCUT2D eigenvalue weighted by molar-refractivity contribution is 5.26. The molecule has 2 rings (SSSR count). The summed E-state index contributed by atoms with van der Waals surface area (Å²) < 4.78 is 4.86. The van der Waals surface area contributed by atoms with Crippen molar-refractivity contribution >= 4 is 5.88 Å². The Morgan fingerprint density at radius 2 is 2.23 bits per heavy atom. The Morgan fingerprint density at radius 1 is 1.54 bits per heavy atom. The van der Waals surface area contributed by atoms with Crippen molar-refractivity contribution in [2.75, 3.05) is 25.9 Å². The van der Waals surface area contributed by atoms with Gasteiger partial charge in [0.25, 0.3) is 0 Å². The van der Waals surface area contributed by atoms with Crippen molar-refractivity contribution in [3.05, 3.63) is 11.8 Å². The fourth-order valence-electron chi connectivity index (χ4n) is 1.80. The summed E-state index contributed by atoms with van der Waals surface area (Å²) in [6.45, 7) is 2.27. The van der Waals surface area contributed by atoms with E-state index in [9.17, 15) is 0 Å². The van der Waals surface area contributed by atoms with Gasteiger partial charge in [-0.05, 0) is 33.0 Å². The van der Waals surface area contributed by atoms with E-state index < -0.39 is 0 Å². The van der Waals surface area contributed by atoms with Crippen LogP contribution in [0.2, 0.25) is 0 Å². The van der Waals surface area contributed by atoms with Gasteiger partial charge >= 0.3 is 0 Å². The quantitative estimate of drug-likeness (QED) is 0.704. The number of nitrogen functional groups attached to an aromatic ring is 1. The summed E-state index contributed by atoms with van der Waals surface area (Å²) >= 11 is 0. The van der Waals surface area contributed by atoms with E-state index in [2.05, 4.69) is 17.1 Å². The van der Waals surface area contributed by atoms with Crippen molar-refractivity contribution in [2.24, 2.45) is 0 Å². The molecule has 2 heterocycles. The second kappa shape index (κ2) is 3.38. The predicted octanol–water partition coefficient (Wildman–Crippen LogP) is 1.07. The van der Waals surface area contributed by atoms with E-state index in [1.54, 1.807) is 0 Å². The summed E-state index contributed by atoms with van der Waals surface area (Å²) in [7, 11) is 2.15. The SMILES string of the molecule is CN1CCC(c2cc(N)on2)CC1. The van der Waals surface area contributed by atoms with Crippen LogP contribution in [0.5, 0.6) is 0 Å². The Hall–Kier alpha value is -1.03. The van der Waals surface area contributed by atoms with Crippen molar-refractivity contribution in [1.29, 1.82) is 0 Å². The molecule has 0 aliphatic carbocycles. The van der Waals surface area contributed by atoms with Gasteiger partial charge < -0.3 is 15.2 Å². The molecule has 0 unspecified atom stereocenters. The zero-order valence-electron chi connectivity index (χ0n) is 7.86. The van der Waals surface area contributed by atoms with Gasteiger partial charge in [-0.1, -0.05) is 5.16 Å². The van der Waals surface area contributed by atoms with Gasteiger partial charge in [0.05, 0.1) is 5.69 Å². The molecule has 0 saturated carbocycles. The number of nitrogens with zero attached hydrogens (tertiary/aromatic N) is 2. The van der Waals surface area contributed by atoms with E-state index in [1.807, 2.05) is 6.07 Å². The fourth-order valence-corrected chi connectivity index (χ4v) is 1.80. The molecule has 4 heteroatoms. The van der Waals surface area contributed by atoms with Crippen molar-refractivity contribution in [2.45, 2.75) is 18.8 Å². The molecule has 1 aromatic heterocycles. The molecule has 0 atom stereocenters. The normalized spacial score (nSPS) is 20.7. The largest absolute Gasteiger partial charge is 0.368 e. The fraction of sp³-hybridized carbons (Fsp3) is 0.667. The molecule has 0 bridgehead atoms. The molecule has 2 N–H and O–H groups in total. The number of nitrogens with two attached hydrogens (primary N) is 1. The van der Waals surface area contributed by atoms with Crippen molar-refractivity contribution in [3.63, 3.8) is 0 Å². The van der Waals surface area contributed by atoms with Gasteiger partial charge in [0, 0.05) is 12.0 Å². The number of hydrogen-bond acceptors (Lipinski definition) is 4. The van der Waals surface area contributed by atoms with Crippen LogP contribution >= 0.6 is 0 Å². The van der Waals surface area contributed by atoms with E-state index in [1.165, 1.54) is 0 Å². The first-order chi connectivity index (χ1) is 6.25. The lowest BCUT2D eigenvalue weighted by atomic mass is 9.94. The van der Waals surface area contributed by atoms with Gasteiger partial charge in [0.1, 0.15) is 0 Å². The van der Waals surface area contributed by atoms with Crippen molar-refractivity contribution in [3.8, 4) is 0 Å². The molecule has 1 aromatic rings. The minimum atomic E-state index is 0.425. The van der Waals surface area contributed by atoms with E-state index >= 15 is 0 Å². The first-order valence-corrected chi connectivity index (χ1v) is 4.66. The average Bonchev–Trinajstić information content (AvgIpc) is 2.53. The first-order valence-electron chi connectivity index (χ1n) is 4.66. The maximum Gasteiger partial charge on any atom is 0.222 e. The maximum absolute atomic E-state index is 5.47. The standard InChI is InChI=1S/C9H15N3O/c1-12-4-2-7(3-5-12)8-6-9(10)13-11-8/h6-7H,2-5,10H2,1H3. The molecular formula is C9H15N3O. The van der Waals surface area contributed by atoms with Gasteiger partial charge in [-0.25, -0.2) is 0 Å². The van der Waals surface area contributed by atoms with E-state index in [0.717, 1.165) is 31.6 Å². The third kappa shape index (κ3) is 1.83. The summed E-state index contributed by atoms with van der Waals surface area (Å²) in [6.07, 6.45) is 2.31. The van der Waals surface area contributed by atoms with Crippen LogP contribution in [0, 0.1) is 0 Å². The maximum atomic E-state index is 5.47. The second-order valence-electron chi connectivity index (χ2n) is 3.73. The third-order valence-electron chi connectivity index (χ3n) is 2.68. The summed E-state index contributed by atoms with van der Waals surface area (Å²) in [4.78, 5) is 2.33. The minimum Gasteiger partial charge on any atom is -0.368 e. The van der Waals surface area contributed by atoms with Crippen LogP contribution in [0.1, 0.15) is 24.5 Å². The molecule has 1 fully saturated rings. The highest BCUT2D eigenvalue weighted by Gasteiger charge is 2.20. The van der Waals surface area contributed by atoms with Crippen LogP contribution in [-0.4, -0.2) is 30.2 Å². The van der Waals surface area contributed by atoms with Gasteiger partial charge in [-0.3, -0.25) is 0 Å². The minimum absolute atomic E-state index is 0.425. The predicted molar refractivity (Wildman–Crippen MR) is 50.4 cm³/mol. The molecule has 1 aliphatic heterocycles. The average molecular weight is 181 g/mol. The van der Waals surface area contributed by atoms with Crippen molar-refractivity contribution < 1.29 is 4.52 Å². The summed E-state index contributed by atoms with van der Waals surface area (Å²) in [5.74, 6) is 0.964. The Bertz CT molecular complexity index is 276. The number of likely N-dealkylation sites (tertiary alicyclic amines) is 1. The summed E-state index contributed by atoms with van der Waals surface area (Å²) in [6, 6.07) is 1.84. The van der Waals surface area contributed by atoms with Crippen molar-refractivity contribution in [1.82, 2.24) is 10.1 Å². The van der Waals surface area contributed by atoms with Crippen LogP contribution in [0.25, 0.3) is 0 Å². The van der Waals surface area contributed by atoms with Gasteiger partial charge in [0.2, 0.25) is 5.88 Å². The Balaban J connectivity index is 2.02. The van der Waals surface area contributed by atoms with Crippen LogP contribution in [0.3, 0.4) is 0 Å². The molecule has 4 nitrogen and oxygen atoms in total. The highest BCUT2D eigenvalue weighted by atomic mass is 16.5. The molecule has 0 radical (unpaired) electrons. The smallest absolute Gasteiger partial charge is 0.222 e. The van der Waals surface area contributed by atoms with Crippen LogP contribution in [0.15, 0.2) is 10.6 Å². The second-order valence-corrected chi connectivity index (χ2v) is 3.73. The molecule has 0 spiro atoms. The molecule has 0 aromatic carbocycles. The molecule has 13 heavy (non-hydrogen) atoms. The number of piperidine rings is 1. The van der Waals surface area contributed by atoms with E-state index in [0.29, 0.717) is 11.8 Å². The van der Waals surface area contributed by atoms with Gasteiger partial charge in [-0.2, -0.15) is 0 Å². The molecule has 0 amide bonds. The molecule has 1 saturated heterocycles. The highest BCUT2D eigenvalue weighted by Crippen LogP contribution is 2.27. The lowest BCUT2D eigenvalue weighted by Gasteiger charge is -2.27. The number of aromatic nitrogens is 1.